The number of nitrogens with zero attached hydrogens (tertiary/aromatic N) is 1. The first kappa shape index (κ1) is 17.9. The van der Waals surface area contributed by atoms with Crippen LogP contribution < -0.4 is 20.5 Å². The predicted molar refractivity (Wildman–Crippen MR) is 92.9 cm³/mol. The van der Waals surface area contributed by atoms with Crippen LogP contribution in [0.4, 0.5) is 4.39 Å². The first-order chi connectivity index (χ1) is 12.5. The second-order valence-corrected chi connectivity index (χ2v) is 6.14. The summed E-state index contributed by atoms with van der Waals surface area (Å²) in [5, 5.41) is 3.28. The van der Waals surface area contributed by atoms with E-state index in [0.717, 1.165) is 0 Å². The molecule has 138 valence electrons. The lowest BCUT2D eigenvalue weighted by atomic mass is 9.97. The first-order valence-corrected chi connectivity index (χ1v) is 8.31. The fraction of sp³-hybridized carbons (Fsp3) is 0.389. The molecule has 0 radical (unpaired) electrons. The number of benzene rings is 1. The molecule has 1 aliphatic heterocycles. The summed E-state index contributed by atoms with van der Waals surface area (Å²) in [5.74, 6) is -1.12. The topological polar surface area (TPSA) is 104 Å². The normalized spacial score (nSPS) is 22.3. The maximum atomic E-state index is 13.9. The highest BCUT2D eigenvalue weighted by atomic mass is 19.1. The van der Waals surface area contributed by atoms with Crippen molar-refractivity contribution >= 4 is 22.7 Å². The van der Waals surface area contributed by atoms with Crippen LogP contribution in [0.2, 0.25) is 0 Å². The molecule has 0 spiro atoms. The Balaban J connectivity index is 1.89. The number of hydrogen-bond acceptors (Lipinski definition) is 5. The smallest absolute Gasteiger partial charge is 0.255 e. The van der Waals surface area contributed by atoms with E-state index in [-0.39, 0.29) is 18.1 Å². The molecule has 0 bridgehead atoms. The van der Waals surface area contributed by atoms with Crippen molar-refractivity contribution in [3.8, 4) is 11.6 Å². The molecule has 0 aliphatic carbocycles. The number of halogens is 1. The van der Waals surface area contributed by atoms with E-state index in [1.54, 1.807) is 24.3 Å². The van der Waals surface area contributed by atoms with Crippen molar-refractivity contribution in [2.75, 3.05) is 13.7 Å². The number of nitrogens with one attached hydrogen (secondary N) is 1. The quantitative estimate of drug-likeness (QED) is 0.813. The van der Waals surface area contributed by atoms with Crippen molar-refractivity contribution in [1.82, 2.24) is 10.3 Å². The number of alkyl halides is 1. The molecule has 3 N–H and O–H groups in total. The number of pyridine rings is 1. The van der Waals surface area contributed by atoms with E-state index in [4.69, 9.17) is 15.2 Å². The van der Waals surface area contributed by atoms with Gasteiger partial charge in [-0.25, -0.2) is 9.37 Å². The van der Waals surface area contributed by atoms with Crippen molar-refractivity contribution < 1.29 is 23.5 Å². The van der Waals surface area contributed by atoms with Crippen LogP contribution in [0.1, 0.15) is 23.7 Å². The van der Waals surface area contributed by atoms with Gasteiger partial charge < -0.3 is 20.5 Å². The minimum absolute atomic E-state index is 0.102. The van der Waals surface area contributed by atoms with E-state index in [2.05, 4.69) is 10.3 Å². The summed E-state index contributed by atoms with van der Waals surface area (Å²) in [5.41, 5.74) is 6.01. The number of methoxy groups -OCH3 is 1. The number of nitrogens with two attached hydrogens (primary N) is 1. The minimum atomic E-state index is -1.52. The molecule has 1 aliphatic rings. The molecule has 2 heterocycles. The zero-order valence-electron chi connectivity index (χ0n) is 14.5. The number of carbonyl (C=O) groups is 2. The maximum Gasteiger partial charge on any atom is 0.255 e. The minimum Gasteiger partial charge on any atom is -0.489 e. The van der Waals surface area contributed by atoms with Gasteiger partial charge in [-0.15, -0.1) is 0 Å². The monoisotopic (exact) mass is 361 g/mol. The molecule has 2 aromatic rings. The Kier molecular flexibility index (Phi) is 4.92. The van der Waals surface area contributed by atoms with E-state index < -0.39 is 29.9 Å². The Morgan fingerprint density at radius 2 is 2.19 bits per heavy atom. The summed E-state index contributed by atoms with van der Waals surface area (Å²) >= 11 is 0. The van der Waals surface area contributed by atoms with Gasteiger partial charge in [0.15, 0.2) is 6.17 Å². The van der Waals surface area contributed by atoms with Gasteiger partial charge in [-0.05, 0) is 18.6 Å². The van der Waals surface area contributed by atoms with Gasteiger partial charge in [0.1, 0.15) is 23.4 Å². The number of aromatic nitrogens is 1. The molecular weight excluding hydrogens is 341 g/mol. The van der Waals surface area contributed by atoms with E-state index in [9.17, 15) is 14.0 Å². The molecule has 1 aromatic carbocycles. The van der Waals surface area contributed by atoms with Crippen molar-refractivity contribution in [2.24, 2.45) is 11.7 Å². The number of para-hydroxylation sites is 1. The van der Waals surface area contributed by atoms with Gasteiger partial charge in [-0.2, -0.15) is 0 Å². The molecule has 0 saturated carbocycles. The van der Waals surface area contributed by atoms with Crippen molar-refractivity contribution in [3.63, 3.8) is 0 Å². The Morgan fingerprint density at radius 1 is 1.42 bits per heavy atom. The van der Waals surface area contributed by atoms with Crippen LogP contribution in [-0.2, 0) is 4.79 Å². The van der Waals surface area contributed by atoms with Crippen LogP contribution in [0.15, 0.2) is 24.3 Å². The van der Waals surface area contributed by atoms with Gasteiger partial charge in [0.25, 0.3) is 11.8 Å². The number of hydrogen-bond donors (Lipinski definition) is 2. The molecular formula is C18H20FN3O4. The summed E-state index contributed by atoms with van der Waals surface area (Å²) in [4.78, 5) is 27.4. The lowest BCUT2D eigenvalue weighted by Crippen LogP contribution is -2.34. The van der Waals surface area contributed by atoms with E-state index in [1.165, 1.54) is 7.11 Å². The van der Waals surface area contributed by atoms with Gasteiger partial charge in [0.05, 0.1) is 13.2 Å². The highest BCUT2D eigenvalue weighted by molar-refractivity contribution is 5.99. The van der Waals surface area contributed by atoms with E-state index in [1.807, 2.05) is 6.92 Å². The molecule has 1 unspecified atom stereocenters. The van der Waals surface area contributed by atoms with Crippen molar-refractivity contribution in [2.45, 2.75) is 25.6 Å². The summed E-state index contributed by atoms with van der Waals surface area (Å²) in [6.45, 7) is 1.95. The molecule has 2 amide bonds. The number of rotatable bonds is 6. The Bertz CT molecular complexity index is 858. The van der Waals surface area contributed by atoms with Gasteiger partial charge in [0.2, 0.25) is 5.88 Å². The fourth-order valence-corrected chi connectivity index (χ4v) is 3.21. The first-order valence-electron chi connectivity index (χ1n) is 8.31. The Hall–Kier alpha value is -2.90. The molecule has 1 saturated heterocycles. The predicted octanol–water partition coefficient (Wildman–Crippen LogP) is 1.58. The average molecular weight is 361 g/mol. The van der Waals surface area contributed by atoms with Crippen molar-refractivity contribution in [1.29, 1.82) is 0 Å². The second-order valence-electron chi connectivity index (χ2n) is 6.14. The molecule has 26 heavy (non-hydrogen) atoms. The summed E-state index contributed by atoms with van der Waals surface area (Å²) < 4.78 is 24.8. The lowest BCUT2D eigenvalue weighted by Gasteiger charge is -2.19. The lowest BCUT2D eigenvalue weighted by molar-refractivity contribution is -0.123. The number of amides is 2. The van der Waals surface area contributed by atoms with Crippen LogP contribution in [0.5, 0.6) is 11.6 Å². The van der Waals surface area contributed by atoms with Gasteiger partial charge in [0, 0.05) is 11.3 Å². The number of ether oxygens (including phenoxy) is 2. The average Bonchev–Trinajstić information content (AvgIpc) is 2.91. The summed E-state index contributed by atoms with van der Waals surface area (Å²) in [6, 6.07) is 6.40. The molecule has 1 fully saturated rings. The van der Waals surface area contributed by atoms with Gasteiger partial charge in [-0.3, -0.25) is 9.59 Å². The second kappa shape index (κ2) is 7.15. The largest absolute Gasteiger partial charge is 0.489 e. The summed E-state index contributed by atoms with van der Waals surface area (Å²) in [7, 11) is 1.39. The zero-order chi connectivity index (χ0) is 18.8. The third-order valence-electron chi connectivity index (χ3n) is 4.59. The van der Waals surface area contributed by atoms with Gasteiger partial charge in [-0.1, -0.05) is 19.1 Å². The fourth-order valence-electron chi connectivity index (χ4n) is 3.21. The van der Waals surface area contributed by atoms with Gasteiger partial charge >= 0.3 is 0 Å². The molecule has 3 rings (SSSR count). The molecule has 7 nitrogen and oxygen atoms in total. The Labute approximate surface area is 149 Å². The Morgan fingerprint density at radius 3 is 2.85 bits per heavy atom. The third kappa shape index (κ3) is 3.14. The number of fused-ring (bicyclic) bond motifs is 1. The number of primary amides is 1. The molecule has 3 atom stereocenters. The zero-order valence-corrected chi connectivity index (χ0v) is 14.5. The van der Waals surface area contributed by atoms with E-state index >= 15 is 0 Å². The SMILES string of the molecule is CCC1[C@H](F)C(=O)N[C@@H]1COc1cccc2cc(C(N)=O)c(OC)nc12. The highest BCUT2D eigenvalue weighted by Crippen LogP contribution is 2.30. The number of carbonyl (C=O) groups excluding carboxylic acids is 2. The third-order valence-corrected chi connectivity index (χ3v) is 4.59. The summed E-state index contributed by atoms with van der Waals surface area (Å²) in [6.07, 6.45) is -0.991. The maximum absolute atomic E-state index is 13.9. The van der Waals surface area contributed by atoms with Crippen LogP contribution in [0, 0.1) is 5.92 Å². The van der Waals surface area contributed by atoms with Crippen LogP contribution in [0.25, 0.3) is 10.9 Å². The van der Waals surface area contributed by atoms with Crippen molar-refractivity contribution in [3.05, 3.63) is 29.8 Å². The van der Waals surface area contributed by atoms with Crippen LogP contribution in [-0.4, -0.2) is 42.7 Å². The molecule has 1 aromatic heterocycles. The van der Waals surface area contributed by atoms with Crippen LogP contribution in [0.3, 0.4) is 0 Å². The highest BCUT2D eigenvalue weighted by Gasteiger charge is 2.41. The van der Waals surface area contributed by atoms with Crippen LogP contribution >= 0.6 is 0 Å². The standard InChI is InChI=1S/C18H20FN3O4/c1-3-10-12(21-17(24)14(10)19)8-26-13-6-4-5-9-7-11(16(20)23)18(25-2)22-15(9)13/h4-7,10,12,14H,3,8H2,1-2H3,(H2,20,23)(H,21,24)/t10?,12-,14+/m1/s1. The van der Waals surface area contributed by atoms with E-state index in [0.29, 0.717) is 23.1 Å². The molecule has 8 heteroatoms.